The van der Waals surface area contributed by atoms with Gasteiger partial charge in [-0.25, -0.2) is 0 Å². The zero-order chi connectivity index (χ0) is 23.6. The Morgan fingerprint density at radius 1 is 0.400 bits per heavy atom. The molecule has 166 valence electrons. The van der Waals surface area contributed by atoms with Crippen LogP contribution in [0, 0.1) is 0 Å². The van der Waals surface area contributed by atoms with E-state index < -0.39 is 0 Å². The molecule has 6 aromatic rings. The molecule has 0 saturated carbocycles. The van der Waals surface area contributed by atoms with Crippen LogP contribution in [-0.4, -0.2) is 4.98 Å². The summed E-state index contributed by atoms with van der Waals surface area (Å²) in [6.45, 7) is 0. The van der Waals surface area contributed by atoms with Crippen molar-refractivity contribution >= 4 is 25.3 Å². The Labute approximate surface area is 208 Å². The highest BCUT2D eigenvalue weighted by Crippen LogP contribution is 2.31. The first-order chi connectivity index (χ1) is 17.2. The molecule has 1 heterocycles. The van der Waals surface area contributed by atoms with Crippen molar-refractivity contribution in [3.8, 4) is 44.6 Å². The summed E-state index contributed by atoms with van der Waals surface area (Å²) in [6, 6.07) is 45.5. The molecule has 0 bridgehead atoms. The van der Waals surface area contributed by atoms with Gasteiger partial charge in [0.1, 0.15) is 0 Å². The second-order valence-electron chi connectivity index (χ2n) is 8.77. The van der Waals surface area contributed by atoms with Crippen molar-refractivity contribution in [3.63, 3.8) is 0 Å². The number of nitrogens with zero attached hydrogens (tertiary/aromatic N) is 1. The van der Waals surface area contributed by atoms with Crippen LogP contribution in [0.2, 0.25) is 0 Å². The predicted molar refractivity (Wildman–Crippen MR) is 153 cm³/mol. The van der Waals surface area contributed by atoms with Crippen LogP contribution in [0.25, 0.3) is 55.4 Å². The summed E-state index contributed by atoms with van der Waals surface area (Å²) in [6.07, 6.45) is 1.83. The summed E-state index contributed by atoms with van der Waals surface area (Å²) in [5.41, 5.74) is 9.47. The highest BCUT2D eigenvalue weighted by Gasteiger charge is 2.05. The number of benzene rings is 5. The standard InChI is InChI=1S/C33H24NP/c35-32-18-16-24(17-19-32)23-4-6-25(7-5-23)29-14-10-27-11-15-30(22-31(27)21-29)26-8-12-28(13-9-26)33-3-1-2-20-34-33/h1-22H,35H2. The Morgan fingerprint density at radius 2 is 0.857 bits per heavy atom. The molecule has 1 unspecified atom stereocenters. The minimum atomic E-state index is 0.995. The van der Waals surface area contributed by atoms with Gasteiger partial charge in [-0.3, -0.25) is 4.98 Å². The molecule has 0 N–H and O–H groups in total. The summed E-state index contributed by atoms with van der Waals surface area (Å²) >= 11 is 0. The van der Waals surface area contributed by atoms with Gasteiger partial charge in [0.2, 0.25) is 0 Å². The first kappa shape index (κ1) is 21.5. The zero-order valence-corrected chi connectivity index (χ0v) is 20.4. The van der Waals surface area contributed by atoms with Crippen LogP contribution >= 0.6 is 9.24 Å². The summed E-state index contributed by atoms with van der Waals surface area (Å²) in [4.78, 5) is 4.46. The number of fused-ring (bicyclic) bond motifs is 1. The molecule has 0 spiro atoms. The van der Waals surface area contributed by atoms with Gasteiger partial charge in [-0.15, -0.1) is 9.24 Å². The van der Waals surface area contributed by atoms with Gasteiger partial charge in [0, 0.05) is 11.8 Å². The third kappa shape index (κ3) is 4.52. The second kappa shape index (κ2) is 9.29. The van der Waals surface area contributed by atoms with E-state index >= 15 is 0 Å². The maximum absolute atomic E-state index is 4.46. The molecule has 1 aromatic heterocycles. The first-order valence-electron chi connectivity index (χ1n) is 11.7. The van der Waals surface area contributed by atoms with Crippen molar-refractivity contribution < 1.29 is 0 Å². The quantitative estimate of drug-likeness (QED) is 0.238. The van der Waals surface area contributed by atoms with Crippen LogP contribution in [0.1, 0.15) is 0 Å². The average molecular weight is 466 g/mol. The van der Waals surface area contributed by atoms with E-state index in [0.717, 1.165) is 11.3 Å². The Hall–Kier alpha value is -4.06. The molecule has 5 aromatic carbocycles. The van der Waals surface area contributed by atoms with Crippen LogP contribution in [0.3, 0.4) is 0 Å². The maximum Gasteiger partial charge on any atom is 0.0701 e. The highest BCUT2D eigenvalue weighted by atomic mass is 31.0. The minimum Gasteiger partial charge on any atom is -0.256 e. The minimum absolute atomic E-state index is 0.995. The Morgan fingerprint density at radius 3 is 1.37 bits per heavy atom. The van der Waals surface area contributed by atoms with Crippen molar-refractivity contribution in [1.29, 1.82) is 0 Å². The molecule has 1 nitrogen and oxygen atoms in total. The van der Waals surface area contributed by atoms with Crippen molar-refractivity contribution in [2.75, 3.05) is 0 Å². The van der Waals surface area contributed by atoms with Gasteiger partial charge >= 0.3 is 0 Å². The fourth-order valence-electron chi connectivity index (χ4n) is 4.50. The summed E-state index contributed by atoms with van der Waals surface area (Å²) in [7, 11) is 2.74. The molecule has 0 radical (unpaired) electrons. The van der Waals surface area contributed by atoms with Gasteiger partial charge in [0.05, 0.1) is 5.69 Å². The Balaban J connectivity index is 1.30. The molecule has 0 aliphatic heterocycles. The molecule has 2 heteroatoms. The van der Waals surface area contributed by atoms with Crippen LogP contribution in [0.4, 0.5) is 0 Å². The third-order valence-corrected chi connectivity index (χ3v) is 6.87. The van der Waals surface area contributed by atoms with Crippen molar-refractivity contribution in [2.45, 2.75) is 0 Å². The molecule has 0 saturated heterocycles. The number of aromatic nitrogens is 1. The predicted octanol–water partition coefficient (Wildman–Crippen LogP) is 8.40. The van der Waals surface area contributed by atoms with Gasteiger partial charge in [-0.05, 0) is 73.7 Å². The van der Waals surface area contributed by atoms with E-state index in [9.17, 15) is 0 Å². The lowest BCUT2D eigenvalue weighted by Gasteiger charge is -2.09. The second-order valence-corrected chi connectivity index (χ2v) is 9.44. The topological polar surface area (TPSA) is 12.9 Å². The smallest absolute Gasteiger partial charge is 0.0701 e. The molecule has 0 aliphatic rings. The lowest BCUT2D eigenvalue weighted by atomic mass is 9.96. The average Bonchev–Trinajstić information content (AvgIpc) is 2.93. The fourth-order valence-corrected chi connectivity index (χ4v) is 4.70. The third-order valence-electron chi connectivity index (χ3n) is 6.48. The normalized spacial score (nSPS) is 11.0. The molecule has 6 rings (SSSR count). The van der Waals surface area contributed by atoms with Crippen LogP contribution in [0.5, 0.6) is 0 Å². The molecular weight excluding hydrogens is 441 g/mol. The monoisotopic (exact) mass is 465 g/mol. The highest BCUT2D eigenvalue weighted by molar-refractivity contribution is 7.27. The molecule has 1 atom stereocenters. The fraction of sp³-hybridized carbons (Fsp3) is 0. The van der Waals surface area contributed by atoms with E-state index in [-0.39, 0.29) is 0 Å². The Bertz CT molecular complexity index is 1600. The van der Waals surface area contributed by atoms with Gasteiger partial charge in [-0.1, -0.05) is 103 Å². The maximum atomic E-state index is 4.46. The van der Waals surface area contributed by atoms with Gasteiger partial charge < -0.3 is 0 Å². The van der Waals surface area contributed by atoms with Crippen LogP contribution in [0.15, 0.2) is 134 Å². The zero-order valence-electron chi connectivity index (χ0n) is 19.2. The SMILES string of the molecule is Pc1ccc(-c2ccc(-c3ccc4ccc(-c5ccc(-c6ccccn6)cc5)cc4c3)cc2)cc1. The van der Waals surface area contributed by atoms with E-state index in [4.69, 9.17) is 0 Å². The molecule has 0 fully saturated rings. The molecule has 0 aliphatic carbocycles. The van der Waals surface area contributed by atoms with Crippen LogP contribution < -0.4 is 5.30 Å². The molecule has 0 amide bonds. The molecule has 35 heavy (non-hydrogen) atoms. The van der Waals surface area contributed by atoms with E-state index in [2.05, 4.69) is 123 Å². The number of pyridine rings is 1. The van der Waals surface area contributed by atoms with Crippen molar-refractivity contribution in [3.05, 3.63) is 134 Å². The van der Waals surface area contributed by atoms with Gasteiger partial charge in [-0.2, -0.15) is 0 Å². The van der Waals surface area contributed by atoms with Crippen LogP contribution in [-0.2, 0) is 0 Å². The number of rotatable bonds is 4. The molecular formula is C33H24NP. The van der Waals surface area contributed by atoms with Gasteiger partial charge in [0.25, 0.3) is 0 Å². The lowest BCUT2D eigenvalue weighted by molar-refractivity contribution is 1.33. The van der Waals surface area contributed by atoms with E-state index in [0.29, 0.717) is 0 Å². The van der Waals surface area contributed by atoms with E-state index in [1.165, 1.54) is 49.5 Å². The summed E-state index contributed by atoms with van der Waals surface area (Å²) in [5.74, 6) is 0. The lowest BCUT2D eigenvalue weighted by Crippen LogP contribution is -1.88. The van der Waals surface area contributed by atoms with Crippen molar-refractivity contribution in [1.82, 2.24) is 4.98 Å². The van der Waals surface area contributed by atoms with Crippen molar-refractivity contribution in [2.24, 2.45) is 0 Å². The van der Waals surface area contributed by atoms with E-state index in [1.807, 2.05) is 24.4 Å². The Kier molecular flexibility index (Phi) is 5.70. The largest absolute Gasteiger partial charge is 0.256 e. The summed E-state index contributed by atoms with van der Waals surface area (Å²) < 4.78 is 0. The number of hydrogen-bond acceptors (Lipinski definition) is 1. The first-order valence-corrected chi connectivity index (χ1v) is 12.3. The van der Waals surface area contributed by atoms with Gasteiger partial charge in [0.15, 0.2) is 0 Å². The van der Waals surface area contributed by atoms with E-state index in [1.54, 1.807) is 0 Å². The summed E-state index contributed by atoms with van der Waals surface area (Å²) in [5, 5.41) is 3.69. The number of hydrogen-bond donors (Lipinski definition) is 0.